The number of hydrogen-bond acceptors (Lipinski definition) is 5. The first-order valence-electron chi connectivity index (χ1n) is 8.09. The molecule has 2 heterocycles. The molecule has 1 N–H and O–H groups in total. The molecule has 128 valence electrons. The fraction of sp³-hybridized carbons (Fsp3) is 0.471. The van der Waals surface area contributed by atoms with Crippen molar-refractivity contribution in [3.8, 4) is 5.75 Å². The summed E-state index contributed by atoms with van der Waals surface area (Å²) in [6.07, 6.45) is 1.98. The molecule has 7 heteroatoms. The Morgan fingerprint density at radius 2 is 2.21 bits per heavy atom. The summed E-state index contributed by atoms with van der Waals surface area (Å²) in [6.45, 7) is 1.95. The van der Waals surface area contributed by atoms with Gasteiger partial charge in [-0.05, 0) is 30.5 Å². The minimum absolute atomic E-state index is 0.0182. The first kappa shape index (κ1) is 16.8. The van der Waals surface area contributed by atoms with Crippen LogP contribution in [-0.2, 0) is 16.0 Å². The maximum Gasteiger partial charge on any atom is 0.242 e. The molecule has 1 saturated heterocycles. The standard InChI is InChI=1S/C17H21N3O3S/c1-23-13-6-4-12(5-7-13)3-2-8-18-15(21)11-14-16(22)20-10-9-19-17(20)24-14/h4-7,14H,2-3,8-11H2,1H3,(H,18,21). The quantitative estimate of drug-likeness (QED) is 0.758. The molecule has 0 spiro atoms. The van der Waals surface area contributed by atoms with Gasteiger partial charge in [0.05, 0.1) is 13.7 Å². The van der Waals surface area contributed by atoms with E-state index >= 15 is 0 Å². The van der Waals surface area contributed by atoms with Crippen LogP contribution in [0.5, 0.6) is 5.75 Å². The monoisotopic (exact) mass is 347 g/mol. The molecule has 24 heavy (non-hydrogen) atoms. The number of carbonyl (C=O) groups is 2. The van der Waals surface area contributed by atoms with Gasteiger partial charge in [0.15, 0.2) is 5.17 Å². The minimum atomic E-state index is -0.314. The lowest BCUT2D eigenvalue weighted by molar-refractivity contribution is -0.129. The molecule has 2 aliphatic heterocycles. The van der Waals surface area contributed by atoms with Gasteiger partial charge < -0.3 is 10.1 Å². The van der Waals surface area contributed by atoms with E-state index in [9.17, 15) is 9.59 Å². The van der Waals surface area contributed by atoms with Crippen LogP contribution < -0.4 is 10.1 Å². The normalized spacial score (nSPS) is 19.2. The number of methoxy groups -OCH3 is 1. The number of fused-ring (bicyclic) bond motifs is 1. The van der Waals surface area contributed by atoms with Crippen molar-refractivity contribution in [3.63, 3.8) is 0 Å². The highest BCUT2D eigenvalue weighted by atomic mass is 32.2. The van der Waals surface area contributed by atoms with Crippen LogP contribution in [0, 0.1) is 0 Å². The Bertz CT molecular complexity index is 645. The maximum absolute atomic E-state index is 12.1. The molecule has 0 aliphatic carbocycles. The van der Waals surface area contributed by atoms with Gasteiger partial charge in [-0.1, -0.05) is 23.9 Å². The highest BCUT2D eigenvalue weighted by Crippen LogP contribution is 2.31. The summed E-state index contributed by atoms with van der Waals surface area (Å²) in [7, 11) is 1.65. The summed E-state index contributed by atoms with van der Waals surface area (Å²) >= 11 is 1.41. The van der Waals surface area contributed by atoms with Crippen LogP contribution in [0.15, 0.2) is 29.3 Å². The zero-order chi connectivity index (χ0) is 16.9. The summed E-state index contributed by atoms with van der Waals surface area (Å²) in [4.78, 5) is 30.1. The molecule has 0 aromatic heterocycles. The molecule has 0 bridgehead atoms. The topological polar surface area (TPSA) is 71.0 Å². The average molecular weight is 347 g/mol. The van der Waals surface area contributed by atoms with Crippen molar-refractivity contribution in [2.45, 2.75) is 24.5 Å². The molecule has 1 aromatic rings. The lowest BCUT2D eigenvalue weighted by Gasteiger charge is -2.10. The zero-order valence-corrected chi connectivity index (χ0v) is 14.5. The molecule has 2 amide bonds. The van der Waals surface area contributed by atoms with Gasteiger partial charge in [0.1, 0.15) is 11.0 Å². The van der Waals surface area contributed by atoms with Gasteiger partial charge in [-0.15, -0.1) is 0 Å². The summed E-state index contributed by atoms with van der Waals surface area (Å²) < 4.78 is 5.13. The molecule has 0 saturated carbocycles. The Kier molecular flexibility index (Phi) is 5.40. The molecular weight excluding hydrogens is 326 g/mol. The van der Waals surface area contributed by atoms with Crippen LogP contribution in [0.3, 0.4) is 0 Å². The predicted octanol–water partition coefficient (Wildman–Crippen LogP) is 1.45. The first-order valence-corrected chi connectivity index (χ1v) is 8.97. The van der Waals surface area contributed by atoms with E-state index in [1.165, 1.54) is 17.3 Å². The van der Waals surface area contributed by atoms with E-state index in [0.717, 1.165) is 23.8 Å². The van der Waals surface area contributed by atoms with Gasteiger partial charge in [-0.2, -0.15) is 0 Å². The summed E-state index contributed by atoms with van der Waals surface area (Å²) in [6, 6.07) is 7.93. The summed E-state index contributed by atoms with van der Waals surface area (Å²) in [5, 5.41) is 3.36. The van der Waals surface area contributed by atoms with Gasteiger partial charge in [-0.25, -0.2) is 0 Å². The number of aryl methyl sites for hydroxylation is 1. The summed E-state index contributed by atoms with van der Waals surface area (Å²) in [5.41, 5.74) is 1.21. The lowest BCUT2D eigenvalue weighted by Crippen LogP contribution is -2.34. The molecule has 1 aromatic carbocycles. The molecule has 6 nitrogen and oxygen atoms in total. The third-order valence-electron chi connectivity index (χ3n) is 4.08. The number of carbonyl (C=O) groups excluding carboxylic acids is 2. The van der Waals surface area contributed by atoms with Crippen molar-refractivity contribution in [1.29, 1.82) is 0 Å². The number of nitrogens with one attached hydrogen (secondary N) is 1. The van der Waals surface area contributed by atoms with Gasteiger partial charge in [0.2, 0.25) is 11.8 Å². The van der Waals surface area contributed by atoms with Crippen molar-refractivity contribution >= 4 is 28.7 Å². The number of ether oxygens (including phenoxy) is 1. The third-order valence-corrected chi connectivity index (χ3v) is 5.30. The van der Waals surface area contributed by atoms with E-state index in [4.69, 9.17) is 4.74 Å². The number of hydrogen-bond donors (Lipinski definition) is 1. The smallest absolute Gasteiger partial charge is 0.242 e. The SMILES string of the molecule is COc1ccc(CCCNC(=O)CC2SC3=NCCN3C2=O)cc1. The highest BCUT2D eigenvalue weighted by molar-refractivity contribution is 8.15. The Morgan fingerprint density at radius 3 is 2.92 bits per heavy atom. The van der Waals surface area contributed by atoms with Gasteiger partial charge >= 0.3 is 0 Å². The van der Waals surface area contributed by atoms with Gasteiger partial charge in [-0.3, -0.25) is 19.5 Å². The average Bonchev–Trinajstić information content (AvgIpc) is 3.16. The Labute approximate surface area is 145 Å². The molecule has 1 fully saturated rings. The van der Waals surface area contributed by atoms with E-state index in [2.05, 4.69) is 10.3 Å². The van der Waals surface area contributed by atoms with Crippen molar-refractivity contribution < 1.29 is 14.3 Å². The predicted molar refractivity (Wildman–Crippen MR) is 94.3 cm³/mol. The first-order chi connectivity index (χ1) is 11.7. The lowest BCUT2D eigenvalue weighted by atomic mass is 10.1. The zero-order valence-electron chi connectivity index (χ0n) is 13.7. The van der Waals surface area contributed by atoms with Crippen LogP contribution in [-0.4, -0.2) is 53.9 Å². The molecule has 0 radical (unpaired) electrons. The Morgan fingerprint density at radius 1 is 1.42 bits per heavy atom. The third kappa shape index (κ3) is 3.90. The van der Waals surface area contributed by atoms with Crippen LogP contribution >= 0.6 is 11.8 Å². The Hall–Kier alpha value is -2.02. The van der Waals surface area contributed by atoms with E-state index in [-0.39, 0.29) is 23.5 Å². The molecule has 3 rings (SSSR count). The van der Waals surface area contributed by atoms with Crippen molar-refractivity contribution in [2.24, 2.45) is 4.99 Å². The van der Waals surface area contributed by atoms with Crippen molar-refractivity contribution in [2.75, 3.05) is 26.7 Å². The van der Waals surface area contributed by atoms with Crippen molar-refractivity contribution in [3.05, 3.63) is 29.8 Å². The van der Waals surface area contributed by atoms with E-state index in [1.807, 2.05) is 24.3 Å². The second-order valence-corrected chi connectivity index (χ2v) is 6.94. The molecular formula is C17H21N3O3S. The number of nitrogens with zero attached hydrogens (tertiary/aromatic N) is 2. The van der Waals surface area contributed by atoms with Gasteiger partial charge in [0, 0.05) is 19.5 Å². The van der Waals surface area contributed by atoms with Crippen LogP contribution in [0.2, 0.25) is 0 Å². The maximum atomic E-state index is 12.1. The fourth-order valence-corrected chi connectivity index (χ4v) is 3.96. The van der Waals surface area contributed by atoms with Crippen LogP contribution in [0.25, 0.3) is 0 Å². The van der Waals surface area contributed by atoms with E-state index in [1.54, 1.807) is 12.0 Å². The molecule has 2 aliphatic rings. The van der Waals surface area contributed by atoms with Crippen LogP contribution in [0.4, 0.5) is 0 Å². The number of rotatable bonds is 7. The van der Waals surface area contributed by atoms with E-state index < -0.39 is 0 Å². The number of amides is 2. The van der Waals surface area contributed by atoms with E-state index in [0.29, 0.717) is 19.6 Å². The molecule has 1 unspecified atom stereocenters. The second kappa shape index (κ2) is 7.70. The number of aliphatic imine (C=N–C) groups is 1. The summed E-state index contributed by atoms with van der Waals surface area (Å²) in [5.74, 6) is 0.790. The number of thioether (sulfide) groups is 1. The molecule has 1 atom stereocenters. The second-order valence-electron chi connectivity index (χ2n) is 5.77. The fourth-order valence-electron chi connectivity index (χ4n) is 2.77. The van der Waals surface area contributed by atoms with Gasteiger partial charge in [0.25, 0.3) is 0 Å². The van der Waals surface area contributed by atoms with Crippen LogP contribution in [0.1, 0.15) is 18.4 Å². The number of amidine groups is 1. The Balaban J connectivity index is 1.36. The highest BCUT2D eigenvalue weighted by Gasteiger charge is 2.40. The minimum Gasteiger partial charge on any atom is -0.497 e. The largest absolute Gasteiger partial charge is 0.497 e. The number of benzene rings is 1. The van der Waals surface area contributed by atoms with Crippen molar-refractivity contribution in [1.82, 2.24) is 10.2 Å².